The first kappa shape index (κ1) is 9.85. The summed E-state index contributed by atoms with van der Waals surface area (Å²) in [6.07, 6.45) is 3.81. The molecule has 0 N–H and O–H groups in total. The zero-order chi connectivity index (χ0) is 11.7. The number of nitriles is 1. The standard InChI is InChI=1S/C12H11N5/c13-8-10-2-1-3-11(15-10)17-7-6-16-5-4-14-12(16)9-17/h1-5H,6-7,9H2. The predicted molar refractivity (Wildman–Crippen MR) is 62.2 cm³/mol. The summed E-state index contributed by atoms with van der Waals surface area (Å²) in [7, 11) is 0. The lowest BCUT2D eigenvalue weighted by Crippen LogP contribution is -2.34. The molecular formula is C12H11N5. The van der Waals surface area contributed by atoms with E-state index in [9.17, 15) is 0 Å². The van der Waals surface area contributed by atoms with Crippen LogP contribution in [0.1, 0.15) is 11.5 Å². The van der Waals surface area contributed by atoms with Crippen molar-refractivity contribution in [2.24, 2.45) is 0 Å². The quantitative estimate of drug-likeness (QED) is 0.731. The first-order valence-corrected chi connectivity index (χ1v) is 5.49. The summed E-state index contributed by atoms with van der Waals surface area (Å²) in [6, 6.07) is 7.57. The third kappa shape index (κ3) is 1.74. The highest BCUT2D eigenvalue weighted by molar-refractivity contribution is 5.42. The lowest BCUT2D eigenvalue weighted by molar-refractivity contribution is 0.556. The zero-order valence-electron chi connectivity index (χ0n) is 9.24. The van der Waals surface area contributed by atoms with Crippen molar-refractivity contribution >= 4 is 5.82 Å². The summed E-state index contributed by atoms with van der Waals surface area (Å²) in [5, 5.41) is 8.84. The van der Waals surface area contributed by atoms with Gasteiger partial charge in [-0.25, -0.2) is 9.97 Å². The Morgan fingerprint density at radius 2 is 2.24 bits per heavy atom. The average molecular weight is 225 g/mol. The van der Waals surface area contributed by atoms with E-state index in [1.54, 1.807) is 6.07 Å². The maximum absolute atomic E-state index is 8.84. The van der Waals surface area contributed by atoms with Gasteiger partial charge >= 0.3 is 0 Å². The second kappa shape index (κ2) is 3.91. The first-order chi connectivity index (χ1) is 8.36. The van der Waals surface area contributed by atoms with Crippen LogP contribution in [0.25, 0.3) is 0 Å². The van der Waals surface area contributed by atoms with Crippen LogP contribution in [0.15, 0.2) is 30.6 Å². The van der Waals surface area contributed by atoms with E-state index in [2.05, 4.69) is 25.5 Å². The molecule has 0 saturated heterocycles. The Hall–Kier alpha value is -2.35. The van der Waals surface area contributed by atoms with Crippen molar-refractivity contribution in [1.29, 1.82) is 5.26 Å². The number of imidazole rings is 1. The Bertz CT molecular complexity index is 581. The van der Waals surface area contributed by atoms with Crippen LogP contribution in [0.2, 0.25) is 0 Å². The van der Waals surface area contributed by atoms with Crippen molar-refractivity contribution in [3.8, 4) is 6.07 Å². The number of hydrogen-bond acceptors (Lipinski definition) is 4. The van der Waals surface area contributed by atoms with Gasteiger partial charge in [-0.15, -0.1) is 0 Å². The van der Waals surface area contributed by atoms with E-state index in [4.69, 9.17) is 5.26 Å². The van der Waals surface area contributed by atoms with Gasteiger partial charge in [0.05, 0.1) is 6.54 Å². The molecule has 0 saturated carbocycles. The van der Waals surface area contributed by atoms with Crippen LogP contribution in [0.4, 0.5) is 5.82 Å². The molecule has 5 heteroatoms. The van der Waals surface area contributed by atoms with Gasteiger partial charge in [0, 0.05) is 25.5 Å². The maximum Gasteiger partial charge on any atom is 0.142 e. The van der Waals surface area contributed by atoms with Gasteiger partial charge in [0.15, 0.2) is 0 Å². The summed E-state index contributed by atoms with van der Waals surface area (Å²) in [5.41, 5.74) is 0.455. The summed E-state index contributed by atoms with van der Waals surface area (Å²) in [4.78, 5) is 10.7. The fourth-order valence-corrected chi connectivity index (χ4v) is 2.03. The highest BCUT2D eigenvalue weighted by atomic mass is 15.3. The van der Waals surface area contributed by atoms with Gasteiger partial charge in [-0.2, -0.15) is 5.26 Å². The molecule has 0 amide bonds. The van der Waals surface area contributed by atoms with Crippen LogP contribution < -0.4 is 4.90 Å². The lowest BCUT2D eigenvalue weighted by atomic mass is 10.3. The van der Waals surface area contributed by atoms with Crippen molar-refractivity contribution < 1.29 is 0 Å². The molecule has 2 aromatic heterocycles. The molecule has 0 atom stereocenters. The largest absolute Gasteiger partial charge is 0.347 e. The zero-order valence-corrected chi connectivity index (χ0v) is 9.24. The summed E-state index contributed by atoms with van der Waals surface area (Å²) in [5.74, 6) is 1.89. The molecule has 3 heterocycles. The monoisotopic (exact) mass is 225 g/mol. The molecule has 5 nitrogen and oxygen atoms in total. The predicted octanol–water partition coefficient (Wildman–Crippen LogP) is 1.17. The van der Waals surface area contributed by atoms with Crippen LogP contribution in [0.3, 0.4) is 0 Å². The molecule has 0 radical (unpaired) electrons. The van der Waals surface area contributed by atoms with E-state index in [1.165, 1.54) is 0 Å². The molecule has 1 aliphatic heterocycles. The van der Waals surface area contributed by atoms with E-state index >= 15 is 0 Å². The summed E-state index contributed by atoms with van der Waals surface area (Å²) in [6.45, 7) is 2.55. The van der Waals surface area contributed by atoms with Crippen LogP contribution in [0, 0.1) is 11.3 Å². The summed E-state index contributed by atoms with van der Waals surface area (Å²) >= 11 is 0. The average Bonchev–Trinajstić information content (AvgIpc) is 2.86. The normalized spacial score (nSPS) is 14.2. The number of aromatic nitrogens is 3. The number of pyridine rings is 1. The summed E-state index contributed by atoms with van der Waals surface area (Å²) < 4.78 is 2.14. The third-order valence-corrected chi connectivity index (χ3v) is 2.92. The minimum Gasteiger partial charge on any atom is -0.347 e. The third-order valence-electron chi connectivity index (χ3n) is 2.92. The molecule has 84 valence electrons. The SMILES string of the molecule is N#Cc1cccc(N2CCn3ccnc3C2)n1. The van der Waals surface area contributed by atoms with Gasteiger partial charge in [0.1, 0.15) is 23.4 Å². The van der Waals surface area contributed by atoms with Gasteiger partial charge in [-0.1, -0.05) is 6.07 Å². The molecule has 0 aromatic carbocycles. The number of fused-ring (bicyclic) bond motifs is 1. The maximum atomic E-state index is 8.84. The Balaban J connectivity index is 1.89. The van der Waals surface area contributed by atoms with Crippen LogP contribution in [-0.4, -0.2) is 21.1 Å². The van der Waals surface area contributed by atoms with Crippen molar-refractivity contribution in [3.05, 3.63) is 42.1 Å². The fourth-order valence-electron chi connectivity index (χ4n) is 2.03. The van der Waals surface area contributed by atoms with E-state index in [0.717, 1.165) is 31.3 Å². The Morgan fingerprint density at radius 3 is 3.12 bits per heavy atom. The molecule has 0 spiro atoms. The fraction of sp³-hybridized carbons (Fsp3) is 0.250. The van der Waals surface area contributed by atoms with Crippen molar-refractivity contribution in [2.75, 3.05) is 11.4 Å². The number of hydrogen-bond donors (Lipinski definition) is 0. The highest BCUT2D eigenvalue weighted by Gasteiger charge is 2.17. The lowest BCUT2D eigenvalue weighted by Gasteiger charge is -2.28. The Kier molecular flexibility index (Phi) is 2.26. The molecule has 0 unspecified atom stereocenters. The minimum absolute atomic E-state index is 0.455. The molecule has 0 fully saturated rings. The number of nitrogens with zero attached hydrogens (tertiary/aromatic N) is 5. The van der Waals surface area contributed by atoms with Crippen LogP contribution in [-0.2, 0) is 13.1 Å². The second-order valence-electron chi connectivity index (χ2n) is 3.95. The molecule has 2 aromatic rings. The van der Waals surface area contributed by atoms with E-state index < -0.39 is 0 Å². The van der Waals surface area contributed by atoms with Gasteiger partial charge < -0.3 is 9.47 Å². The molecule has 0 aliphatic carbocycles. The Morgan fingerprint density at radius 1 is 1.29 bits per heavy atom. The molecule has 1 aliphatic rings. The van der Waals surface area contributed by atoms with E-state index in [1.807, 2.05) is 24.5 Å². The van der Waals surface area contributed by atoms with Crippen molar-refractivity contribution in [2.45, 2.75) is 13.1 Å². The van der Waals surface area contributed by atoms with E-state index in [-0.39, 0.29) is 0 Å². The van der Waals surface area contributed by atoms with Crippen LogP contribution >= 0.6 is 0 Å². The molecule has 3 rings (SSSR count). The van der Waals surface area contributed by atoms with Gasteiger partial charge in [-0.3, -0.25) is 0 Å². The van der Waals surface area contributed by atoms with Gasteiger partial charge in [0.25, 0.3) is 0 Å². The Labute approximate surface area is 99.0 Å². The number of rotatable bonds is 1. The first-order valence-electron chi connectivity index (χ1n) is 5.49. The number of anilines is 1. The molecule has 0 bridgehead atoms. The molecule has 17 heavy (non-hydrogen) atoms. The topological polar surface area (TPSA) is 57.7 Å². The smallest absolute Gasteiger partial charge is 0.142 e. The molecular weight excluding hydrogens is 214 g/mol. The van der Waals surface area contributed by atoms with Crippen molar-refractivity contribution in [3.63, 3.8) is 0 Å². The van der Waals surface area contributed by atoms with Gasteiger partial charge in [0.2, 0.25) is 0 Å². The highest BCUT2D eigenvalue weighted by Crippen LogP contribution is 2.18. The van der Waals surface area contributed by atoms with Crippen LogP contribution in [0.5, 0.6) is 0 Å². The van der Waals surface area contributed by atoms with E-state index in [0.29, 0.717) is 5.69 Å². The van der Waals surface area contributed by atoms with Gasteiger partial charge in [-0.05, 0) is 12.1 Å². The minimum atomic E-state index is 0.455. The second-order valence-corrected chi connectivity index (χ2v) is 3.95. The van der Waals surface area contributed by atoms with Crippen molar-refractivity contribution in [1.82, 2.24) is 14.5 Å².